The van der Waals surface area contributed by atoms with Gasteiger partial charge in [0, 0.05) is 11.1 Å². The largest absolute Gasteiger partial charge is 0.616 e. The van der Waals surface area contributed by atoms with Crippen molar-refractivity contribution in [2.75, 3.05) is 24.4 Å². The van der Waals surface area contributed by atoms with E-state index in [0.717, 1.165) is 51.7 Å². The zero-order valence-corrected chi connectivity index (χ0v) is 16.7. The van der Waals surface area contributed by atoms with Crippen LogP contribution >= 0.6 is 11.8 Å². The lowest BCUT2D eigenvalue weighted by atomic mass is 10.2. The Morgan fingerprint density at radius 2 is 2.15 bits per heavy atom. The summed E-state index contributed by atoms with van der Waals surface area (Å²) in [5, 5.41) is 0. The predicted octanol–water partition coefficient (Wildman–Crippen LogP) is 4.27. The standard InChI is InChI=1S/C19H23N3O2S2/c1-3-4-10-26(23)11-9-24-18-6-5-14(25-2)12-15(18)19-21-16-7-8-20-13-17(16)22-19/h5-8,12-13H,3-4,9-11H2,1-2H3,(H,21,22). The molecule has 138 valence electrons. The molecule has 0 aliphatic heterocycles. The second-order valence-corrected chi connectivity index (χ2v) is 8.47. The number of aromatic amines is 1. The maximum Gasteiger partial charge on any atom is 0.142 e. The first kappa shape index (κ1) is 19.1. The minimum atomic E-state index is -0.824. The highest BCUT2D eigenvalue weighted by Gasteiger charge is 2.14. The average Bonchev–Trinajstić information content (AvgIpc) is 3.10. The summed E-state index contributed by atoms with van der Waals surface area (Å²) in [6, 6.07) is 7.96. The van der Waals surface area contributed by atoms with E-state index in [0.29, 0.717) is 12.4 Å². The van der Waals surface area contributed by atoms with Crippen molar-refractivity contribution < 1.29 is 9.29 Å². The molecule has 2 aromatic heterocycles. The molecule has 3 rings (SSSR count). The van der Waals surface area contributed by atoms with Gasteiger partial charge in [-0.05, 0) is 36.9 Å². The molecule has 0 aliphatic rings. The van der Waals surface area contributed by atoms with Crippen LogP contribution < -0.4 is 4.74 Å². The molecule has 0 aliphatic carbocycles. The fourth-order valence-corrected chi connectivity index (χ4v) is 4.11. The van der Waals surface area contributed by atoms with E-state index >= 15 is 0 Å². The van der Waals surface area contributed by atoms with Gasteiger partial charge in [-0.2, -0.15) is 0 Å². The summed E-state index contributed by atoms with van der Waals surface area (Å²) in [5.74, 6) is 2.80. The van der Waals surface area contributed by atoms with E-state index in [1.165, 1.54) is 0 Å². The van der Waals surface area contributed by atoms with E-state index in [1.807, 2.05) is 24.5 Å². The third-order valence-electron chi connectivity index (χ3n) is 4.02. The molecule has 3 aromatic rings. The summed E-state index contributed by atoms with van der Waals surface area (Å²) >= 11 is 0.849. The lowest BCUT2D eigenvalue weighted by Crippen LogP contribution is -2.17. The van der Waals surface area contributed by atoms with Gasteiger partial charge in [-0.15, -0.1) is 11.8 Å². The number of unbranched alkanes of at least 4 members (excludes halogenated alkanes) is 1. The quantitative estimate of drug-likeness (QED) is 0.437. The molecule has 1 aromatic carbocycles. The zero-order chi connectivity index (χ0) is 18.4. The number of thioether (sulfide) groups is 1. The van der Waals surface area contributed by atoms with Crippen molar-refractivity contribution >= 4 is 34.0 Å². The number of H-pyrrole nitrogens is 1. The van der Waals surface area contributed by atoms with E-state index in [1.54, 1.807) is 24.2 Å². The van der Waals surface area contributed by atoms with Gasteiger partial charge in [-0.3, -0.25) is 4.98 Å². The normalized spacial score (nSPS) is 12.4. The van der Waals surface area contributed by atoms with Crippen molar-refractivity contribution in [1.29, 1.82) is 0 Å². The molecule has 2 heterocycles. The van der Waals surface area contributed by atoms with Gasteiger partial charge in [0.1, 0.15) is 35.2 Å². The number of fused-ring (bicyclic) bond motifs is 1. The molecule has 26 heavy (non-hydrogen) atoms. The lowest BCUT2D eigenvalue weighted by molar-refractivity contribution is 0.341. The molecular weight excluding hydrogens is 366 g/mol. The molecule has 7 heteroatoms. The number of nitrogens with one attached hydrogen (secondary N) is 1. The minimum absolute atomic E-state index is 0.434. The summed E-state index contributed by atoms with van der Waals surface area (Å²) < 4.78 is 17.9. The van der Waals surface area contributed by atoms with Crippen LogP contribution in [-0.2, 0) is 11.2 Å². The van der Waals surface area contributed by atoms with Crippen molar-refractivity contribution in [1.82, 2.24) is 15.0 Å². The van der Waals surface area contributed by atoms with Crippen LogP contribution in [0.3, 0.4) is 0 Å². The first-order valence-electron chi connectivity index (χ1n) is 8.67. The Labute approximate surface area is 161 Å². The van der Waals surface area contributed by atoms with Gasteiger partial charge in [0.15, 0.2) is 0 Å². The van der Waals surface area contributed by atoms with Gasteiger partial charge in [0.25, 0.3) is 0 Å². The van der Waals surface area contributed by atoms with Crippen LogP contribution in [0, 0.1) is 0 Å². The average molecular weight is 390 g/mol. The van der Waals surface area contributed by atoms with Gasteiger partial charge in [0.2, 0.25) is 0 Å². The Kier molecular flexibility index (Phi) is 6.82. The predicted molar refractivity (Wildman–Crippen MR) is 109 cm³/mol. The molecule has 1 N–H and O–H groups in total. The number of benzene rings is 1. The van der Waals surface area contributed by atoms with E-state index < -0.39 is 11.2 Å². The van der Waals surface area contributed by atoms with Crippen LogP contribution in [0.5, 0.6) is 5.75 Å². The van der Waals surface area contributed by atoms with Crippen LogP contribution in [0.1, 0.15) is 19.8 Å². The van der Waals surface area contributed by atoms with Gasteiger partial charge in [-0.1, -0.05) is 24.5 Å². The van der Waals surface area contributed by atoms with Crippen molar-refractivity contribution in [2.45, 2.75) is 24.7 Å². The van der Waals surface area contributed by atoms with Crippen molar-refractivity contribution in [3.8, 4) is 17.1 Å². The molecule has 0 amide bonds. The Bertz CT molecular complexity index is 821. The van der Waals surface area contributed by atoms with Crippen LogP contribution in [0.4, 0.5) is 0 Å². The molecule has 0 bridgehead atoms. The van der Waals surface area contributed by atoms with E-state index in [2.05, 4.69) is 27.9 Å². The van der Waals surface area contributed by atoms with E-state index in [9.17, 15) is 4.55 Å². The monoisotopic (exact) mass is 389 g/mol. The number of imidazole rings is 1. The Morgan fingerprint density at radius 1 is 1.27 bits per heavy atom. The van der Waals surface area contributed by atoms with Gasteiger partial charge in [-0.25, -0.2) is 4.98 Å². The number of pyridine rings is 1. The fourth-order valence-electron chi connectivity index (χ4n) is 2.58. The van der Waals surface area contributed by atoms with Gasteiger partial charge in [0.05, 0.1) is 17.3 Å². The first-order valence-corrected chi connectivity index (χ1v) is 11.4. The smallest absolute Gasteiger partial charge is 0.142 e. The maximum atomic E-state index is 12.0. The molecule has 1 unspecified atom stereocenters. The van der Waals surface area contributed by atoms with Crippen molar-refractivity contribution in [2.24, 2.45) is 0 Å². The summed E-state index contributed by atoms with van der Waals surface area (Å²) in [6.07, 6.45) is 7.58. The number of nitrogens with zero attached hydrogens (tertiary/aromatic N) is 2. The zero-order valence-electron chi connectivity index (χ0n) is 15.0. The molecule has 1 atom stereocenters. The van der Waals surface area contributed by atoms with Gasteiger partial charge >= 0.3 is 0 Å². The topological polar surface area (TPSA) is 73.9 Å². The number of hydrogen-bond acceptors (Lipinski definition) is 5. The third-order valence-corrected chi connectivity index (χ3v) is 6.11. The van der Waals surface area contributed by atoms with Crippen LogP contribution in [0.2, 0.25) is 0 Å². The fraction of sp³-hybridized carbons (Fsp3) is 0.368. The Morgan fingerprint density at radius 3 is 2.92 bits per heavy atom. The second-order valence-electron chi connectivity index (χ2n) is 5.89. The Hall–Kier alpha value is -1.70. The van der Waals surface area contributed by atoms with Crippen molar-refractivity contribution in [3.05, 3.63) is 36.7 Å². The number of aromatic nitrogens is 3. The van der Waals surface area contributed by atoms with Crippen molar-refractivity contribution in [3.63, 3.8) is 0 Å². The molecule has 0 saturated heterocycles. The van der Waals surface area contributed by atoms with Crippen LogP contribution in [0.25, 0.3) is 22.4 Å². The molecule has 0 saturated carbocycles. The maximum absolute atomic E-state index is 12.0. The SMILES string of the molecule is CCCC[S+]([O-])CCOc1ccc(SC)cc1-c1nc2cnccc2[nH]1. The number of hydrogen-bond donors (Lipinski definition) is 1. The molecule has 5 nitrogen and oxygen atoms in total. The van der Waals surface area contributed by atoms with Gasteiger partial charge < -0.3 is 14.3 Å². The summed E-state index contributed by atoms with van der Waals surface area (Å²) in [7, 11) is 0. The lowest BCUT2D eigenvalue weighted by Gasteiger charge is -2.13. The minimum Gasteiger partial charge on any atom is -0.616 e. The molecule has 0 fully saturated rings. The summed E-state index contributed by atoms with van der Waals surface area (Å²) in [6.45, 7) is 2.54. The summed E-state index contributed by atoms with van der Waals surface area (Å²) in [5.41, 5.74) is 2.67. The number of rotatable bonds is 9. The number of ether oxygens (including phenoxy) is 1. The van der Waals surface area contributed by atoms with E-state index in [-0.39, 0.29) is 0 Å². The molecular formula is C19H23N3O2S2. The third kappa shape index (κ3) is 4.72. The second kappa shape index (κ2) is 9.30. The highest BCUT2D eigenvalue weighted by molar-refractivity contribution is 7.98. The molecule has 0 radical (unpaired) electrons. The Balaban J connectivity index is 1.79. The van der Waals surface area contributed by atoms with E-state index in [4.69, 9.17) is 4.74 Å². The first-order chi connectivity index (χ1) is 12.7. The highest BCUT2D eigenvalue weighted by atomic mass is 32.2. The molecule has 0 spiro atoms. The van der Waals surface area contributed by atoms with Crippen LogP contribution in [-0.4, -0.2) is 43.9 Å². The summed E-state index contributed by atoms with van der Waals surface area (Å²) in [4.78, 5) is 13.2. The van der Waals surface area contributed by atoms with Crippen LogP contribution in [0.15, 0.2) is 41.6 Å². The highest BCUT2D eigenvalue weighted by Crippen LogP contribution is 2.33.